The van der Waals surface area contributed by atoms with E-state index in [1.165, 1.54) is 0 Å². The van der Waals surface area contributed by atoms with Crippen molar-refractivity contribution in [1.29, 1.82) is 0 Å². The quantitative estimate of drug-likeness (QED) is 0.670. The molecule has 3 saturated carbocycles. The van der Waals surface area contributed by atoms with E-state index in [1.807, 2.05) is 4.90 Å². The van der Waals surface area contributed by atoms with Crippen LogP contribution in [0.4, 0.5) is 4.79 Å². The number of carbonyl (C=O) groups is 1. The Hall–Kier alpha value is -0.770. The van der Waals surface area contributed by atoms with E-state index in [-0.39, 0.29) is 17.5 Å². The highest BCUT2D eigenvalue weighted by molar-refractivity contribution is 5.79. The molecule has 0 spiro atoms. The topological polar surface area (TPSA) is 35.6 Å². The summed E-state index contributed by atoms with van der Waals surface area (Å²) in [5.74, 6) is -0.165. The fourth-order valence-corrected chi connectivity index (χ4v) is 3.54. The van der Waals surface area contributed by atoms with Crippen LogP contribution in [0.15, 0.2) is 0 Å². The third-order valence-corrected chi connectivity index (χ3v) is 4.53. The Morgan fingerprint density at radius 3 is 2.93 bits per heavy atom. The predicted molar refractivity (Wildman–Crippen MR) is 55.5 cm³/mol. The van der Waals surface area contributed by atoms with Crippen molar-refractivity contribution >= 4 is 6.03 Å². The van der Waals surface area contributed by atoms with Crippen LogP contribution in [0.1, 0.15) is 20.6 Å². The minimum absolute atomic E-state index is 0.0934. The molecule has 5 fully saturated rings. The maximum atomic E-state index is 12.3. The number of fused-ring (bicyclic) bond motifs is 1. The molecule has 0 radical (unpaired) electrons. The normalized spacial score (nSPS) is 53.2. The molecule has 82 valence electrons. The molecule has 15 heavy (non-hydrogen) atoms. The van der Waals surface area contributed by atoms with Crippen LogP contribution >= 0.6 is 0 Å². The fraction of sp³-hybridized carbons (Fsp3) is 0.909. The number of hydrogen-bond acceptors (Lipinski definition) is 2. The van der Waals surface area contributed by atoms with Crippen molar-refractivity contribution in [3.05, 3.63) is 0 Å². The van der Waals surface area contributed by atoms with Gasteiger partial charge in [-0.3, -0.25) is 0 Å². The molecule has 0 aromatic heterocycles. The summed E-state index contributed by atoms with van der Waals surface area (Å²) in [6.07, 6.45) is 2.75. The molecular weight excluding hydrogens is 190 g/mol. The zero-order valence-electron chi connectivity index (χ0n) is 9.83. The van der Waals surface area contributed by atoms with Gasteiger partial charge in [-0.2, -0.15) is 0 Å². The van der Waals surface area contributed by atoms with Crippen molar-refractivity contribution in [3.8, 4) is 0 Å². The third kappa shape index (κ3) is 0.893. The summed E-state index contributed by atoms with van der Waals surface area (Å²) in [6.45, 7) is 3.58. The van der Waals surface area contributed by atoms with E-state index in [9.17, 15) is 4.79 Å². The molecule has 1 atom stereocenters. The minimum atomic E-state index is -0.165. The van der Waals surface area contributed by atoms with Crippen LogP contribution in [0, 0.1) is 5.89 Å². The maximum absolute atomic E-state index is 12.3. The molecule has 3 aliphatic carbocycles. The molecule has 0 aromatic rings. The third-order valence-electron chi connectivity index (χ3n) is 4.53. The lowest BCUT2D eigenvalue weighted by Crippen LogP contribution is -2.68. The molecule has 2 heterocycles. The van der Waals surface area contributed by atoms with E-state index in [0.717, 1.165) is 45.4 Å². The standard InChI is InChI=1S/C11H17N3O/c15-10-13-2-1-12-6-9(13)7-14(10)11-3-8(4-11)5-11/h8-9,12H,1-7H2/t8?,9-,11?/m0/s1/i8D. The molecule has 0 aromatic carbocycles. The molecular formula is C11H17N3O. The SMILES string of the molecule is [2H]C12CC(N3C[C@@H]4CNCCN4C3=O)(C1)C2. The second-order valence-corrected chi connectivity index (χ2v) is 5.45. The van der Waals surface area contributed by atoms with Gasteiger partial charge in [0.1, 0.15) is 0 Å². The smallest absolute Gasteiger partial charge is 0.317 e. The Morgan fingerprint density at radius 1 is 1.47 bits per heavy atom. The number of amides is 2. The number of nitrogens with zero attached hydrogens (tertiary/aromatic N) is 2. The van der Waals surface area contributed by atoms with Crippen molar-refractivity contribution in [3.63, 3.8) is 0 Å². The van der Waals surface area contributed by atoms with Gasteiger partial charge in [0.2, 0.25) is 0 Å². The van der Waals surface area contributed by atoms with Crippen molar-refractivity contribution in [2.45, 2.75) is 30.8 Å². The number of hydrogen-bond donors (Lipinski definition) is 1. The van der Waals surface area contributed by atoms with Crippen molar-refractivity contribution in [2.24, 2.45) is 5.89 Å². The number of piperazine rings is 1. The van der Waals surface area contributed by atoms with Crippen molar-refractivity contribution in [2.75, 3.05) is 26.2 Å². The lowest BCUT2D eigenvalue weighted by atomic mass is 9.49. The van der Waals surface area contributed by atoms with Gasteiger partial charge in [-0.25, -0.2) is 4.79 Å². The predicted octanol–water partition coefficient (Wildman–Crippen LogP) is 0.248. The van der Waals surface area contributed by atoms with E-state index >= 15 is 0 Å². The lowest BCUT2D eigenvalue weighted by molar-refractivity contribution is -0.115. The first kappa shape index (κ1) is 7.49. The Morgan fingerprint density at radius 2 is 2.27 bits per heavy atom. The van der Waals surface area contributed by atoms with Gasteiger partial charge in [0.15, 0.2) is 0 Å². The Labute approximate surface area is 91.0 Å². The molecule has 0 unspecified atom stereocenters. The number of nitrogens with one attached hydrogen (secondary N) is 1. The van der Waals surface area contributed by atoms with Gasteiger partial charge in [0, 0.05) is 33.1 Å². The van der Waals surface area contributed by atoms with E-state index < -0.39 is 0 Å². The molecule has 5 aliphatic rings. The van der Waals surface area contributed by atoms with Gasteiger partial charge in [-0.15, -0.1) is 0 Å². The highest BCUT2D eigenvalue weighted by Gasteiger charge is 2.63. The molecule has 2 bridgehead atoms. The van der Waals surface area contributed by atoms with Crippen LogP contribution in [-0.4, -0.2) is 53.6 Å². The lowest BCUT2D eigenvalue weighted by Gasteiger charge is -2.65. The van der Waals surface area contributed by atoms with Crippen molar-refractivity contribution in [1.82, 2.24) is 15.1 Å². The van der Waals surface area contributed by atoms with Crippen LogP contribution in [0.3, 0.4) is 0 Å². The molecule has 1 N–H and O–H groups in total. The second kappa shape index (κ2) is 2.48. The summed E-state index contributed by atoms with van der Waals surface area (Å²) in [7, 11) is 0. The zero-order chi connectivity index (χ0) is 11.0. The second-order valence-electron chi connectivity index (χ2n) is 5.45. The number of rotatable bonds is 1. The van der Waals surface area contributed by atoms with Gasteiger partial charge in [-0.1, -0.05) is 0 Å². The first-order valence-corrected chi connectivity index (χ1v) is 5.91. The van der Waals surface area contributed by atoms with Crippen LogP contribution in [0.2, 0.25) is 0 Å². The van der Waals surface area contributed by atoms with Gasteiger partial charge < -0.3 is 15.1 Å². The van der Waals surface area contributed by atoms with E-state index in [2.05, 4.69) is 10.2 Å². The van der Waals surface area contributed by atoms with Crippen LogP contribution < -0.4 is 5.32 Å². The molecule has 2 saturated heterocycles. The van der Waals surface area contributed by atoms with Crippen LogP contribution in [0.25, 0.3) is 0 Å². The number of carbonyl (C=O) groups excluding carboxylic acids is 1. The summed E-state index contributed by atoms with van der Waals surface area (Å²) in [4.78, 5) is 16.4. The largest absolute Gasteiger partial charge is 0.320 e. The minimum Gasteiger partial charge on any atom is -0.317 e. The number of urea groups is 1. The van der Waals surface area contributed by atoms with Gasteiger partial charge in [0.05, 0.1) is 6.04 Å². The monoisotopic (exact) mass is 208 g/mol. The summed E-state index contributed by atoms with van der Waals surface area (Å²) in [5.41, 5.74) is 0.0934. The summed E-state index contributed by atoms with van der Waals surface area (Å²) < 4.78 is 7.93. The Balaban J connectivity index is 1.56. The Bertz CT molecular complexity index is 352. The Kier molecular flexibility index (Phi) is 1.24. The van der Waals surface area contributed by atoms with Gasteiger partial charge in [0.25, 0.3) is 0 Å². The highest BCUT2D eigenvalue weighted by atomic mass is 16.2. The fourth-order valence-electron chi connectivity index (χ4n) is 3.54. The summed E-state index contributed by atoms with van der Waals surface area (Å²) >= 11 is 0. The van der Waals surface area contributed by atoms with Crippen molar-refractivity contribution < 1.29 is 6.17 Å². The zero-order valence-corrected chi connectivity index (χ0v) is 8.83. The van der Waals surface area contributed by atoms with Crippen LogP contribution in [-0.2, 0) is 0 Å². The first-order chi connectivity index (χ1) is 7.62. The maximum Gasteiger partial charge on any atom is 0.320 e. The van der Waals surface area contributed by atoms with E-state index in [1.54, 1.807) is 0 Å². The van der Waals surface area contributed by atoms with Gasteiger partial charge in [-0.05, 0) is 25.2 Å². The van der Waals surface area contributed by atoms with E-state index in [0.29, 0.717) is 6.04 Å². The molecule has 2 aliphatic heterocycles. The molecule has 4 heteroatoms. The highest BCUT2D eigenvalue weighted by Crippen LogP contribution is 2.61. The average molecular weight is 208 g/mol. The molecule has 2 amide bonds. The van der Waals surface area contributed by atoms with E-state index in [4.69, 9.17) is 1.37 Å². The molecule has 4 nitrogen and oxygen atoms in total. The van der Waals surface area contributed by atoms with Gasteiger partial charge >= 0.3 is 6.03 Å². The summed E-state index contributed by atoms with van der Waals surface area (Å²) in [6, 6.07) is 0.602. The summed E-state index contributed by atoms with van der Waals surface area (Å²) in [5, 5.41) is 3.35. The van der Waals surface area contributed by atoms with Crippen LogP contribution in [0.5, 0.6) is 0 Å². The molecule has 5 rings (SSSR count). The first-order valence-electron chi connectivity index (χ1n) is 6.41. The average Bonchev–Trinajstić information content (AvgIpc) is 2.51.